The highest BCUT2D eigenvalue weighted by Crippen LogP contribution is 2.46. The zero-order chi connectivity index (χ0) is 16.2. The Bertz CT molecular complexity index is 740. The molecule has 2 N–H and O–H groups in total. The van der Waals surface area contributed by atoms with Crippen LogP contribution in [0, 0.1) is 11.3 Å². The van der Waals surface area contributed by atoms with E-state index >= 15 is 0 Å². The Balaban J connectivity index is 1.66. The van der Waals surface area contributed by atoms with Crippen molar-refractivity contribution in [3.63, 3.8) is 0 Å². The maximum Gasteiger partial charge on any atom is 0.256 e. The van der Waals surface area contributed by atoms with E-state index in [0.717, 1.165) is 28.3 Å². The van der Waals surface area contributed by atoms with Crippen molar-refractivity contribution < 1.29 is 4.79 Å². The molecule has 0 radical (unpaired) electrons. The molecule has 5 heteroatoms. The van der Waals surface area contributed by atoms with Crippen LogP contribution in [0.25, 0.3) is 0 Å². The SMILES string of the molecule is CC(C)(C)[C@@H]1CCc2c(sc3c2C(=O)N[C@H](c2cccs2)N3)C1. The molecule has 1 aliphatic heterocycles. The highest BCUT2D eigenvalue weighted by molar-refractivity contribution is 7.16. The zero-order valence-electron chi connectivity index (χ0n) is 13.7. The Morgan fingerprint density at radius 1 is 1.26 bits per heavy atom. The minimum absolute atomic E-state index is 0.0869. The van der Waals surface area contributed by atoms with Crippen LogP contribution in [0.1, 0.15) is 59.0 Å². The molecule has 0 saturated heterocycles. The van der Waals surface area contributed by atoms with Crippen LogP contribution < -0.4 is 10.6 Å². The summed E-state index contributed by atoms with van der Waals surface area (Å²) in [5.74, 6) is 0.787. The van der Waals surface area contributed by atoms with Gasteiger partial charge in [-0.05, 0) is 47.6 Å². The van der Waals surface area contributed by atoms with Gasteiger partial charge in [0.15, 0.2) is 0 Å². The van der Waals surface area contributed by atoms with Gasteiger partial charge in [0, 0.05) is 9.75 Å². The van der Waals surface area contributed by atoms with Crippen LogP contribution in [0.2, 0.25) is 0 Å². The van der Waals surface area contributed by atoms with E-state index in [1.54, 1.807) is 22.7 Å². The highest BCUT2D eigenvalue weighted by atomic mass is 32.1. The molecule has 2 aliphatic rings. The summed E-state index contributed by atoms with van der Waals surface area (Å²) in [5.41, 5.74) is 2.53. The number of fused-ring (bicyclic) bond motifs is 3. The van der Waals surface area contributed by atoms with Gasteiger partial charge >= 0.3 is 0 Å². The number of anilines is 1. The van der Waals surface area contributed by atoms with Crippen LogP contribution >= 0.6 is 22.7 Å². The van der Waals surface area contributed by atoms with Crippen LogP contribution in [0.3, 0.4) is 0 Å². The van der Waals surface area contributed by atoms with Crippen molar-refractivity contribution in [1.29, 1.82) is 0 Å². The molecule has 2 aromatic rings. The Morgan fingerprint density at radius 3 is 2.78 bits per heavy atom. The normalized spacial score (nSPS) is 23.7. The number of thiophene rings is 2. The average Bonchev–Trinajstić information content (AvgIpc) is 3.12. The Morgan fingerprint density at radius 2 is 2.09 bits per heavy atom. The average molecular weight is 347 g/mol. The third kappa shape index (κ3) is 2.60. The summed E-state index contributed by atoms with van der Waals surface area (Å²) < 4.78 is 0. The van der Waals surface area contributed by atoms with Gasteiger partial charge < -0.3 is 10.6 Å². The Labute approximate surface area is 145 Å². The van der Waals surface area contributed by atoms with E-state index in [0.29, 0.717) is 11.3 Å². The fraction of sp³-hybridized carbons (Fsp3) is 0.500. The Hall–Kier alpha value is -1.33. The van der Waals surface area contributed by atoms with Gasteiger partial charge in [-0.1, -0.05) is 26.8 Å². The molecule has 0 bridgehead atoms. The molecular formula is C18H22N2OS2. The predicted molar refractivity (Wildman–Crippen MR) is 97.4 cm³/mol. The number of carbonyl (C=O) groups is 1. The zero-order valence-corrected chi connectivity index (χ0v) is 15.4. The smallest absolute Gasteiger partial charge is 0.256 e. The summed E-state index contributed by atoms with van der Waals surface area (Å²) in [7, 11) is 0. The first-order valence-electron chi connectivity index (χ1n) is 8.19. The van der Waals surface area contributed by atoms with Crippen LogP contribution in [0.5, 0.6) is 0 Å². The van der Waals surface area contributed by atoms with E-state index in [-0.39, 0.29) is 12.1 Å². The van der Waals surface area contributed by atoms with Gasteiger partial charge in [-0.25, -0.2) is 0 Å². The molecule has 2 atom stereocenters. The first-order chi connectivity index (χ1) is 10.9. The van der Waals surface area contributed by atoms with E-state index in [9.17, 15) is 4.79 Å². The molecule has 0 aromatic carbocycles. The molecule has 4 rings (SSSR count). The van der Waals surface area contributed by atoms with Gasteiger partial charge in [-0.3, -0.25) is 4.79 Å². The van der Waals surface area contributed by atoms with Crippen molar-refractivity contribution in [2.45, 2.75) is 46.2 Å². The molecule has 3 heterocycles. The second-order valence-corrected chi connectivity index (χ2v) is 9.66. The fourth-order valence-electron chi connectivity index (χ4n) is 3.64. The maximum absolute atomic E-state index is 12.7. The van der Waals surface area contributed by atoms with Gasteiger partial charge in [0.2, 0.25) is 0 Å². The summed E-state index contributed by atoms with van der Waals surface area (Å²) in [5, 5.41) is 9.77. The molecule has 2 aromatic heterocycles. The van der Waals surface area contributed by atoms with E-state index in [2.05, 4.69) is 37.5 Å². The minimum Gasteiger partial charge on any atom is -0.352 e. The molecule has 0 spiro atoms. The second kappa shape index (κ2) is 5.35. The van der Waals surface area contributed by atoms with E-state index in [1.807, 2.05) is 11.4 Å². The van der Waals surface area contributed by atoms with E-state index < -0.39 is 0 Å². The van der Waals surface area contributed by atoms with Gasteiger partial charge in [-0.15, -0.1) is 22.7 Å². The number of hydrogen-bond donors (Lipinski definition) is 2. The number of hydrogen-bond acceptors (Lipinski definition) is 4. The number of nitrogens with one attached hydrogen (secondary N) is 2. The highest BCUT2D eigenvalue weighted by Gasteiger charge is 2.36. The molecule has 23 heavy (non-hydrogen) atoms. The van der Waals surface area contributed by atoms with Crippen LogP contribution in [0.4, 0.5) is 5.00 Å². The van der Waals surface area contributed by atoms with Gasteiger partial charge in [0.25, 0.3) is 5.91 Å². The van der Waals surface area contributed by atoms with E-state index in [1.165, 1.54) is 16.9 Å². The quantitative estimate of drug-likeness (QED) is 0.777. The summed E-state index contributed by atoms with van der Waals surface area (Å²) in [4.78, 5) is 15.2. The van der Waals surface area contributed by atoms with Gasteiger partial charge in [0.1, 0.15) is 11.2 Å². The van der Waals surface area contributed by atoms with Gasteiger partial charge in [0.05, 0.1) is 5.56 Å². The molecular weight excluding hydrogens is 324 g/mol. The van der Waals surface area contributed by atoms with Crippen molar-refractivity contribution in [3.05, 3.63) is 38.4 Å². The van der Waals surface area contributed by atoms with E-state index in [4.69, 9.17) is 0 Å². The lowest BCUT2D eigenvalue weighted by molar-refractivity contribution is 0.0935. The van der Waals surface area contributed by atoms with Gasteiger partial charge in [-0.2, -0.15) is 0 Å². The maximum atomic E-state index is 12.7. The third-order valence-electron chi connectivity index (χ3n) is 5.10. The first-order valence-corrected chi connectivity index (χ1v) is 9.88. The summed E-state index contributed by atoms with van der Waals surface area (Å²) in [6.45, 7) is 6.98. The van der Waals surface area contributed by atoms with Crippen molar-refractivity contribution >= 4 is 33.6 Å². The predicted octanol–water partition coefficient (Wildman–Crippen LogP) is 4.81. The second-order valence-electron chi connectivity index (χ2n) is 7.58. The number of carbonyl (C=O) groups excluding carboxylic acids is 1. The van der Waals surface area contributed by atoms with Crippen molar-refractivity contribution in [3.8, 4) is 0 Å². The summed E-state index contributed by atoms with van der Waals surface area (Å²) in [6.07, 6.45) is 3.23. The largest absolute Gasteiger partial charge is 0.352 e. The van der Waals surface area contributed by atoms with Crippen molar-refractivity contribution in [2.24, 2.45) is 11.3 Å². The summed E-state index contributed by atoms with van der Waals surface area (Å²) in [6, 6.07) is 4.09. The molecule has 1 amide bonds. The van der Waals surface area contributed by atoms with Crippen LogP contribution in [-0.4, -0.2) is 5.91 Å². The minimum atomic E-state index is -0.0893. The molecule has 0 unspecified atom stereocenters. The molecule has 1 aliphatic carbocycles. The summed E-state index contributed by atoms with van der Waals surface area (Å²) >= 11 is 3.47. The van der Waals surface area contributed by atoms with Crippen molar-refractivity contribution in [2.75, 3.05) is 5.32 Å². The number of rotatable bonds is 1. The molecule has 122 valence electrons. The van der Waals surface area contributed by atoms with Crippen LogP contribution in [0.15, 0.2) is 17.5 Å². The standard InChI is InChI=1S/C18H22N2OS2/c1-18(2,3)10-6-7-11-13(9-10)23-17-14(11)16(21)19-15(20-17)12-5-4-8-22-12/h4-5,8,10,15,20H,6-7,9H2,1-3H3,(H,19,21)/t10-,15+/m1/s1. The monoisotopic (exact) mass is 346 g/mol. The lowest BCUT2D eigenvalue weighted by Crippen LogP contribution is -2.38. The molecule has 0 fully saturated rings. The van der Waals surface area contributed by atoms with Crippen molar-refractivity contribution in [1.82, 2.24) is 5.32 Å². The lowest BCUT2D eigenvalue weighted by Gasteiger charge is -2.34. The first kappa shape index (κ1) is 15.2. The molecule has 0 saturated carbocycles. The fourth-order valence-corrected chi connectivity index (χ4v) is 5.71. The topological polar surface area (TPSA) is 41.1 Å². The third-order valence-corrected chi connectivity index (χ3v) is 7.22. The van der Waals surface area contributed by atoms with Crippen LogP contribution in [-0.2, 0) is 12.8 Å². The number of amides is 1. The lowest BCUT2D eigenvalue weighted by atomic mass is 9.72. The molecule has 3 nitrogen and oxygen atoms in total. The Kier molecular flexibility index (Phi) is 3.54.